The largest absolute Gasteiger partial charge is 0.399 e. The molecule has 0 saturated heterocycles. The minimum Gasteiger partial charge on any atom is -0.399 e. The summed E-state index contributed by atoms with van der Waals surface area (Å²) in [4.78, 5) is 0. The molecule has 0 atom stereocenters. The highest BCUT2D eigenvalue weighted by Gasteiger charge is 2.04. The first-order chi connectivity index (χ1) is 10.8. The zero-order valence-corrected chi connectivity index (χ0v) is 13.6. The second-order valence-electron chi connectivity index (χ2n) is 5.93. The lowest BCUT2D eigenvalue weighted by molar-refractivity contribution is 0.608. The minimum absolute atomic E-state index is 0.847. The number of hydrogen-bond acceptors (Lipinski definition) is 2. The van der Waals surface area contributed by atoms with E-state index in [0.717, 1.165) is 17.8 Å². The smallest absolute Gasteiger partial charge is 0.0418 e. The van der Waals surface area contributed by atoms with Gasteiger partial charge in [0, 0.05) is 17.1 Å². The lowest BCUT2D eigenvalue weighted by Crippen LogP contribution is -1.98. The summed E-state index contributed by atoms with van der Waals surface area (Å²) in [6.45, 7) is 2.26. The Labute approximate surface area is 134 Å². The van der Waals surface area contributed by atoms with Gasteiger partial charge in [-0.2, -0.15) is 0 Å². The van der Waals surface area contributed by atoms with Crippen molar-refractivity contribution in [1.82, 2.24) is 0 Å². The maximum Gasteiger partial charge on any atom is 0.0418 e. The number of nitrogens with two attached hydrogens (primary N) is 1. The molecule has 0 bridgehead atoms. The topological polar surface area (TPSA) is 38.0 Å². The molecule has 0 saturated carbocycles. The molecule has 0 aliphatic rings. The average Bonchev–Trinajstić information content (AvgIpc) is 2.54. The Hall–Kier alpha value is -1.96. The van der Waals surface area contributed by atoms with E-state index in [9.17, 15) is 0 Å². The van der Waals surface area contributed by atoms with Gasteiger partial charge in [-0.25, -0.2) is 0 Å². The molecule has 0 spiro atoms. The van der Waals surface area contributed by atoms with Gasteiger partial charge < -0.3 is 11.1 Å². The van der Waals surface area contributed by atoms with E-state index in [-0.39, 0.29) is 0 Å². The van der Waals surface area contributed by atoms with Crippen LogP contribution in [-0.4, -0.2) is 0 Å². The van der Waals surface area contributed by atoms with E-state index in [2.05, 4.69) is 36.5 Å². The number of benzene rings is 2. The van der Waals surface area contributed by atoms with Crippen molar-refractivity contribution >= 4 is 17.1 Å². The molecular formula is C20H28N2. The van der Waals surface area contributed by atoms with Crippen molar-refractivity contribution in [3.63, 3.8) is 0 Å². The number of aryl methyl sites for hydroxylation is 1. The molecule has 0 fully saturated rings. The van der Waals surface area contributed by atoms with Gasteiger partial charge in [-0.3, -0.25) is 0 Å². The standard InChI is InChI=1S/C20H28N2/c1-2-3-4-5-6-8-11-17-16-18(21)14-15-20(17)22-19-12-9-7-10-13-19/h7,9-10,12-16,22H,2-6,8,11,21H2,1H3. The highest BCUT2D eigenvalue weighted by Crippen LogP contribution is 2.25. The van der Waals surface area contributed by atoms with Gasteiger partial charge >= 0.3 is 0 Å². The van der Waals surface area contributed by atoms with Crippen molar-refractivity contribution in [1.29, 1.82) is 0 Å². The van der Waals surface area contributed by atoms with Crippen LogP contribution < -0.4 is 11.1 Å². The van der Waals surface area contributed by atoms with Crippen LogP contribution in [-0.2, 0) is 6.42 Å². The molecule has 0 aromatic heterocycles. The molecule has 2 heteroatoms. The molecule has 0 radical (unpaired) electrons. The molecule has 2 aromatic rings. The first-order valence-corrected chi connectivity index (χ1v) is 8.50. The number of anilines is 3. The van der Waals surface area contributed by atoms with Gasteiger partial charge in [0.2, 0.25) is 0 Å². The first-order valence-electron chi connectivity index (χ1n) is 8.50. The third kappa shape index (κ3) is 5.44. The molecule has 2 aromatic carbocycles. The van der Waals surface area contributed by atoms with E-state index in [4.69, 9.17) is 5.73 Å². The van der Waals surface area contributed by atoms with E-state index in [1.807, 2.05) is 24.3 Å². The molecule has 118 valence electrons. The molecule has 0 heterocycles. The number of rotatable bonds is 9. The number of nitrogen functional groups attached to an aromatic ring is 1. The van der Waals surface area contributed by atoms with Gasteiger partial charge in [0.15, 0.2) is 0 Å². The van der Waals surface area contributed by atoms with Crippen LogP contribution in [0, 0.1) is 0 Å². The molecule has 2 nitrogen and oxygen atoms in total. The van der Waals surface area contributed by atoms with Gasteiger partial charge in [0.05, 0.1) is 0 Å². The van der Waals surface area contributed by atoms with Crippen LogP contribution in [0.4, 0.5) is 17.1 Å². The third-order valence-electron chi connectivity index (χ3n) is 3.98. The zero-order chi connectivity index (χ0) is 15.6. The normalized spacial score (nSPS) is 10.6. The number of para-hydroxylation sites is 1. The summed E-state index contributed by atoms with van der Waals surface area (Å²) in [6, 6.07) is 16.5. The molecule has 0 unspecified atom stereocenters. The SMILES string of the molecule is CCCCCCCCc1cc(N)ccc1Nc1ccccc1. The molecule has 0 aliphatic carbocycles. The summed E-state index contributed by atoms with van der Waals surface area (Å²) in [5.74, 6) is 0. The number of unbranched alkanes of at least 4 members (excludes halogenated alkanes) is 5. The van der Waals surface area contributed by atoms with Crippen molar-refractivity contribution < 1.29 is 0 Å². The third-order valence-corrected chi connectivity index (χ3v) is 3.98. The number of hydrogen-bond donors (Lipinski definition) is 2. The summed E-state index contributed by atoms with van der Waals surface area (Å²) in [6.07, 6.45) is 9.00. The van der Waals surface area contributed by atoms with Gasteiger partial charge in [-0.1, -0.05) is 57.2 Å². The Balaban J connectivity index is 1.93. The Bertz CT molecular complexity index is 549. The van der Waals surface area contributed by atoms with Gasteiger partial charge in [0.1, 0.15) is 0 Å². The fraction of sp³-hybridized carbons (Fsp3) is 0.400. The summed E-state index contributed by atoms with van der Waals surface area (Å²) in [5, 5.41) is 3.51. The van der Waals surface area contributed by atoms with Gasteiger partial charge in [0.25, 0.3) is 0 Å². The highest BCUT2D eigenvalue weighted by atomic mass is 14.9. The van der Waals surface area contributed by atoms with Crippen LogP contribution >= 0.6 is 0 Å². The summed E-state index contributed by atoms with van der Waals surface area (Å²) < 4.78 is 0. The van der Waals surface area contributed by atoms with E-state index < -0.39 is 0 Å². The molecule has 0 aliphatic heterocycles. The van der Waals surface area contributed by atoms with E-state index in [1.165, 1.54) is 49.8 Å². The van der Waals surface area contributed by atoms with E-state index in [1.54, 1.807) is 0 Å². The monoisotopic (exact) mass is 296 g/mol. The van der Waals surface area contributed by atoms with E-state index >= 15 is 0 Å². The Morgan fingerprint density at radius 3 is 2.36 bits per heavy atom. The summed E-state index contributed by atoms with van der Waals surface area (Å²) in [5.41, 5.74) is 10.4. The van der Waals surface area contributed by atoms with Crippen molar-refractivity contribution in [3.05, 3.63) is 54.1 Å². The Morgan fingerprint density at radius 1 is 0.864 bits per heavy atom. The van der Waals surface area contributed by atoms with Gasteiger partial charge in [-0.05, 0) is 48.7 Å². The van der Waals surface area contributed by atoms with Crippen LogP contribution in [0.15, 0.2) is 48.5 Å². The van der Waals surface area contributed by atoms with Gasteiger partial charge in [-0.15, -0.1) is 0 Å². The maximum absolute atomic E-state index is 5.96. The van der Waals surface area contributed by atoms with Crippen LogP contribution in [0.25, 0.3) is 0 Å². The van der Waals surface area contributed by atoms with E-state index in [0.29, 0.717) is 0 Å². The Kier molecular flexibility index (Phi) is 6.82. The second-order valence-corrected chi connectivity index (χ2v) is 5.93. The summed E-state index contributed by atoms with van der Waals surface area (Å²) in [7, 11) is 0. The quantitative estimate of drug-likeness (QED) is 0.445. The summed E-state index contributed by atoms with van der Waals surface area (Å²) >= 11 is 0. The van der Waals surface area contributed by atoms with Crippen molar-refractivity contribution in [3.8, 4) is 0 Å². The van der Waals surface area contributed by atoms with Crippen LogP contribution in [0.1, 0.15) is 51.0 Å². The fourth-order valence-electron chi connectivity index (χ4n) is 2.72. The van der Waals surface area contributed by atoms with Crippen molar-refractivity contribution in [2.45, 2.75) is 51.9 Å². The average molecular weight is 296 g/mol. The second kappa shape index (κ2) is 9.14. The zero-order valence-electron chi connectivity index (χ0n) is 13.6. The van der Waals surface area contributed by atoms with Crippen LogP contribution in [0.3, 0.4) is 0 Å². The predicted molar refractivity (Wildman–Crippen MR) is 97.7 cm³/mol. The lowest BCUT2D eigenvalue weighted by atomic mass is 10.0. The van der Waals surface area contributed by atoms with Crippen LogP contribution in [0.5, 0.6) is 0 Å². The molecule has 22 heavy (non-hydrogen) atoms. The molecule has 0 amide bonds. The minimum atomic E-state index is 0.847. The number of nitrogens with one attached hydrogen (secondary N) is 1. The maximum atomic E-state index is 5.96. The van der Waals surface area contributed by atoms with Crippen molar-refractivity contribution in [2.75, 3.05) is 11.1 Å². The Morgan fingerprint density at radius 2 is 1.59 bits per heavy atom. The molecule has 2 rings (SSSR count). The predicted octanol–water partition coefficient (Wildman–Crippen LogP) is 5.92. The first kappa shape index (κ1) is 16.4. The molecular weight excluding hydrogens is 268 g/mol. The van der Waals surface area contributed by atoms with Crippen molar-refractivity contribution in [2.24, 2.45) is 0 Å². The van der Waals surface area contributed by atoms with Crippen LogP contribution in [0.2, 0.25) is 0 Å². The lowest BCUT2D eigenvalue weighted by Gasteiger charge is -2.13. The molecule has 3 N–H and O–H groups in total. The fourth-order valence-corrected chi connectivity index (χ4v) is 2.72. The highest BCUT2D eigenvalue weighted by molar-refractivity contribution is 5.66.